The lowest BCUT2D eigenvalue weighted by atomic mass is 10.2. The normalized spacial score (nSPS) is 9.80. The highest BCUT2D eigenvalue weighted by molar-refractivity contribution is 6.30. The number of nitrogens with zero attached hydrogens (tertiary/aromatic N) is 1. The minimum Gasteiger partial charge on any atom is -0.506 e. The Hall–Kier alpha value is -0.760. The summed E-state index contributed by atoms with van der Waals surface area (Å²) in [5.41, 5.74) is 0.877. The summed E-state index contributed by atoms with van der Waals surface area (Å²) in [6.45, 7) is 1.96. The van der Waals surface area contributed by atoms with Gasteiger partial charge in [-0.2, -0.15) is 0 Å². The fourth-order valence-corrected chi connectivity index (χ4v) is 0.966. The summed E-state index contributed by atoms with van der Waals surface area (Å²) in [4.78, 5) is 3.76. The van der Waals surface area contributed by atoms with Crippen molar-refractivity contribution in [1.82, 2.24) is 4.98 Å². The summed E-state index contributed by atoms with van der Waals surface area (Å²) in [5, 5.41) is 9.42. The van der Waals surface area contributed by atoms with Crippen LogP contribution < -0.4 is 0 Å². The molecule has 0 atom stereocenters. The average Bonchev–Trinajstić information content (AvgIpc) is 1.94. The quantitative estimate of drug-likeness (QED) is 0.633. The lowest BCUT2D eigenvalue weighted by molar-refractivity contribution is 0.472. The maximum absolute atomic E-state index is 8.95. The molecule has 0 radical (unpaired) electrons. The van der Waals surface area contributed by atoms with E-state index in [9.17, 15) is 0 Å². The van der Waals surface area contributed by atoms with E-state index >= 15 is 0 Å². The first-order chi connectivity index (χ1) is 4.74. The van der Waals surface area contributed by atoms with Crippen molar-refractivity contribution in [2.24, 2.45) is 0 Å². The van der Waals surface area contributed by atoms with Crippen molar-refractivity contribution in [3.8, 4) is 5.75 Å². The van der Waals surface area contributed by atoms with Crippen LogP contribution in [0.4, 0.5) is 0 Å². The van der Waals surface area contributed by atoms with Gasteiger partial charge in [0.2, 0.25) is 0 Å². The molecule has 0 unspecified atom stereocenters. The second-order valence-electron chi connectivity index (χ2n) is 2.00. The number of aryl methyl sites for hydroxylation is 1. The van der Waals surface area contributed by atoms with E-state index in [0.717, 1.165) is 12.0 Å². The summed E-state index contributed by atoms with van der Waals surface area (Å²) in [6.07, 6.45) is 2.13. The Labute approximate surface area is 64.5 Å². The smallest absolute Gasteiger partial charge is 0.134 e. The lowest BCUT2D eigenvalue weighted by Gasteiger charge is -1.98. The fraction of sp³-hybridized carbons (Fsp3) is 0.286. The topological polar surface area (TPSA) is 33.1 Å². The molecule has 1 rings (SSSR count). The second kappa shape index (κ2) is 2.88. The maximum Gasteiger partial charge on any atom is 0.134 e. The van der Waals surface area contributed by atoms with Gasteiger partial charge in [0.1, 0.15) is 10.9 Å². The largest absolute Gasteiger partial charge is 0.506 e. The van der Waals surface area contributed by atoms with Gasteiger partial charge in [-0.1, -0.05) is 18.5 Å². The van der Waals surface area contributed by atoms with Crippen LogP contribution in [-0.2, 0) is 6.42 Å². The molecule has 0 saturated heterocycles. The summed E-state index contributed by atoms with van der Waals surface area (Å²) < 4.78 is 0. The molecule has 0 amide bonds. The zero-order valence-electron chi connectivity index (χ0n) is 5.63. The van der Waals surface area contributed by atoms with Crippen molar-refractivity contribution in [1.29, 1.82) is 0 Å². The van der Waals surface area contributed by atoms with Crippen LogP contribution in [0.2, 0.25) is 5.15 Å². The highest BCUT2D eigenvalue weighted by Gasteiger charge is 1.98. The first-order valence-corrected chi connectivity index (χ1v) is 3.45. The van der Waals surface area contributed by atoms with Crippen molar-refractivity contribution in [3.05, 3.63) is 23.0 Å². The molecule has 0 aliphatic rings. The van der Waals surface area contributed by atoms with Gasteiger partial charge in [-0.25, -0.2) is 4.98 Å². The Morgan fingerprint density at radius 2 is 2.40 bits per heavy atom. The Morgan fingerprint density at radius 1 is 1.70 bits per heavy atom. The Kier molecular flexibility index (Phi) is 2.12. The van der Waals surface area contributed by atoms with Crippen LogP contribution >= 0.6 is 11.6 Å². The SMILES string of the molecule is CCc1cc(O)cnc1Cl. The van der Waals surface area contributed by atoms with Crippen LogP contribution in [0.3, 0.4) is 0 Å². The van der Waals surface area contributed by atoms with Gasteiger partial charge in [-0.15, -0.1) is 0 Å². The molecule has 1 aromatic rings. The minimum atomic E-state index is 0.168. The van der Waals surface area contributed by atoms with Crippen LogP contribution in [0.1, 0.15) is 12.5 Å². The van der Waals surface area contributed by atoms with E-state index in [1.54, 1.807) is 6.07 Å². The molecule has 1 N–H and O–H groups in total. The number of halogens is 1. The molecule has 0 aliphatic carbocycles. The van der Waals surface area contributed by atoms with Crippen molar-refractivity contribution >= 4 is 11.6 Å². The molecule has 2 nitrogen and oxygen atoms in total. The van der Waals surface area contributed by atoms with E-state index in [1.165, 1.54) is 6.20 Å². The summed E-state index contributed by atoms with van der Waals surface area (Å²) in [6, 6.07) is 1.62. The standard InChI is InChI=1S/C7H8ClNO/c1-2-5-3-6(10)4-9-7(5)8/h3-4,10H,2H2,1H3. The Morgan fingerprint density at radius 3 is 2.90 bits per heavy atom. The van der Waals surface area contributed by atoms with Crippen molar-refractivity contribution < 1.29 is 5.11 Å². The van der Waals surface area contributed by atoms with Crippen molar-refractivity contribution in [2.45, 2.75) is 13.3 Å². The second-order valence-corrected chi connectivity index (χ2v) is 2.36. The van der Waals surface area contributed by atoms with E-state index in [4.69, 9.17) is 16.7 Å². The monoisotopic (exact) mass is 157 g/mol. The zero-order chi connectivity index (χ0) is 7.56. The molecular formula is C7H8ClNO. The number of rotatable bonds is 1. The highest BCUT2D eigenvalue weighted by Crippen LogP contribution is 2.17. The van der Waals surface area contributed by atoms with Gasteiger partial charge in [0.25, 0.3) is 0 Å². The summed E-state index contributed by atoms with van der Waals surface area (Å²) in [5.74, 6) is 0.168. The van der Waals surface area contributed by atoms with Gasteiger partial charge < -0.3 is 5.11 Å². The Balaban J connectivity index is 3.09. The van der Waals surface area contributed by atoms with E-state index < -0.39 is 0 Å². The van der Waals surface area contributed by atoms with E-state index in [2.05, 4.69) is 4.98 Å². The molecule has 54 valence electrons. The van der Waals surface area contributed by atoms with Gasteiger partial charge in [0.05, 0.1) is 6.20 Å². The number of hydrogen-bond donors (Lipinski definition) is 1. The van der Waals surface area contributed by atoms with Crippen LogP contribution in [0.15, 0.2) is 12.3 Å². The molecule has 10 heavy (non-hydrogen) atoms. The van der Waals surface area contributed by atoms with Crippen LogP contribution in [-0.4, -0.2) is 10.1 Å². The van der Waals surface area contributed by atoms with Gasteiger partial charge in [-0.3, -0.25) is 0 Å². The van der Waals surface area contributed by atoms with Gasteiger partial charge in [0.15, 0.2) is 0 Å². The molecule has 0 saturated carbocycles. The van der Waals surface area contributed by atoms with Gasteiger partial charge in [-0.05, 0) is 18.1 Å². The molecule has 1 aromatic heterocycles. The molecule has 3 heteroatoms. The van der Waals surface area contributed by atoms with Crippen LogP contribution in [0.25, 0.3) is 0 Å². The van der Waals surface area contributed by atoms with E-state index in [1.807, 2.05) is 6.92 Å². The first kappa shape index (κ1) is 7.35. The zero-order valence-corrected chi connectivity index (χ0v) is 6.39. The summed E-state index contributed by atoms with van der Waals surface area (Å²) in [7, 11) is 0. The number of hydrogen-bond acceptors (Lipinski definition) is 2. The fourth-order valence-electron chi connectivity index (χ4n) is 0.729. The van der Waals surface area contributed by atoms with E-state index in [0.29, 0.717) is 5.15 Å². The molecule has 0 fully saturated rings. The van der Waals surface area contributed by atoms with Crippen molar-refractivity contribution in [3.63, 3.8) is 0 Å². The third-order valence-corrected chi connectivity index (χ3v) is 1.62. The molecule has 0 aromatic carbocycles. The number of aromatic hydroxyl groups is 1. The molecule has 0 aliphatic heterocycles. The molecule has 1 heterocycles. The minimum absolute atomic E-state index is 0.168. The predicted octanol–water partition coefficient (Wildman–Crippen LogP) is 2.00. The van der Waals surface area contributed by atoms with Gasteiger partial charge in [0, 0.05) is 0 Å². The summed E-state index contributed by atoms with van der Waals surface area (Å²) >= 11 is 5.67. The average molecular weight is 158 g/mol. The van der Waals surface area contributed by atoms with E-state index in [-0.39, 0.29) is 5.75 Å². The third-order valence-electron chi connectivity index (χ3n) is 1.28. The maximum atomic E-state index is 8.95. The van der Waals surface area contributed by atoms with Crippen LogP contribution in [0, 0.1) is 0 Å². The van der Waals surface area contributed by atoms with Crippen LogP contribution in [0.5, 0.6) is 5.75 Å². The lowest BCUT2D eigenvalue weighted by Crippen LogP contribution is -1.84. The highest BCUT2D eigenvalue weighted by atomic mass is 35.5. The first-order valence-electron chi connectivity index (χ1n) is 3.07. The molecular weight excluding hydrogens is 150 g/mol. The number of pyridine rings is 1. The van der Waals surface area contributed by atoms with Crippen molar-refractivity contribution in [2.75, 3.05) is 0 Å². The predicted molar refractivity (Wildman–Crippen MR) is 40.3 cm³/mol. The third kappa shape index (κ3) is 1.39. The molecule has 0 spiro atoms. The number of aromatic nitrogens is 1. The van der Waals surface area contributed by atoms with Gasteiger partial charge >= 0.3 is 0 Å². The molecule has 0 bridgehead atoms. The Bertz CT molecular complexity index is 237.